The molecule has 2 aromatic heterocycles. The molecule has 1 saturated heterocycles. The molecule has 0 bridgehead atoms. The Morgan fingerprint density at radius 3 is 2.78 bits per heavy atom. The Morgan fingerprint density at radius 1 is 1.30 bits per heavy atom. The number of amides is 1. The summed E-state index contributed by atoms with van der Waals surface area (Å²) < 4.78 is 1.88. The maximum absolute atomic E-state index is 12.6. The number of carbonyl (C=O) groups excluding carboxylic acids is 2. The highest BCUT2D eigenvalue weighted by atomic mass is 16.2. The van der Waals surface area contributed by atoms with E-state index in [0.29, 0.717) is 12.2 Å². The maximum Gasteiger partial charge on any atom is 0.238 e. The number of rotatable bonds is 6. The lowest BCUT2D eigenvalue weighted by molar-refractivity contribution is -0.117. The molecular weight excluding hydrogens is 342 g/mol. The largest absolute Gasteiger partial charge is 0.322 e. The molecule has 1 N–H and O–H groups in total. The SMILES string of the molecule is CCn1nc(C)c(NC(=O)CN2CCC[C@H](C(=O)c3ccccn3)C2)c1C. The average molecular weight is 369 g/mol. The van der Waals surface area contributed by atoms with Crippen LogP contribution in [-0.4, -0.2) is 51.0 Å². The molecule has 7 nitrogen and oxygen atoms in total. The topological polar surface area (TPSA) is 80.1 Å². The third-order valence-electron chi connectivity index (χ3n) is 5.11. The van der Waals surface area contributed by atoms with E-state index >= 15 is 0 Å². The van der Waals surface area contributed by atoms with Gasteiger partial charge in [-0.05, 0) is 52.3 Å². The summed E-state index contributed by atoms with van der Waals surface area (Å²) in [5.74, 6) is -0.104. The summed E-state index contributed by atoms with van der Waals surface area (Å²) in [6.45, 7) is 8.35. The van der Waals surface area contributed by atoms with Gasteiger partial charge in [0.15, 0.2) is 5.78 Å². The van der Waals surface area contributed by atoms with Gasteiger partial charge in [0, 0.05) is 25.2 Å². The second-order valence-electron chi connectivity index (χ2n) is 7.06. The number of carbonyl (C=O) groups is 2. The van der Waals surface area contributed by atoms with Crippen LogP contribution in [0.15, 0.2) is 24.4 Å². The first-order chi connectivity index (χ1) is 13.0. The molecule has 2 aromatic rings. The lowest BCUT2D eigenvalue weighted by Gasteiger charge is -2.31. The second kappa shape index (κ2) is 8.43. The first-order valence-corrected chi connectivity index (χ1v) is 9.51. The second-order valence-corrected chi connectivity index (χ2v) is 7.06. The summed E-state index contributed by atoms with van der Waals surface area (Å²) in [4.78, 5) is 31.4. The Hall–Kier alpha value is -2.54. The average Bonchev–Trinajstić information content (AvgIpc) is 2.95. The maximum atomic E-state index is 12.6. The van der Waals surface area contributed by atoms with E-state index in [4.69, 9.17) is 0 Å². The number of likely N-dealkylation sites (tertiary alicyclic amines) is 1. The minimum atomic E-state index is -0.104. The number of pyridine rings is 1. The molecule has 0 aliphatic carbocycles. The summed E-state index contributed by atoms with van der Waals surface area (Å²) in [6, 6.07) is 5.39. The van der Waals surface area contributed by atoms with Gasteiger partial charge in [0.25, 0.3) is 0 Å². The molecule has 3 heterocycles. The third kappa shape index (κ3) is 4.42. The van der Waals surface area contributed by atoms with Crippen LogP contribution in [0.25, 0.3) is 0 Å². The molecule has 0 aromatic carbocycles. The normalized spacial score (nSPS) is 17.7. The fraction of sp³-hybridized carbons (Fsp3) is 0.500. The van der Waals surface area contributed by atoms with Crippen LogP contribution in [0.4, 0.5) is 5.69 Å². The van der Waals surface area contributed by atoms with Crippen LogP contribution in [0, 0.1) is 19.8 Å². The van der Waals surface area contributed by atoms with E-state index in [9.17, 15) is 9.59 Å². The minimum Gasteiger partial charge on any atom is -0.322 e. The summed E-state index contributed by atoms with van der Waals surface area (Å²) in [5.41, 5.74) is 3.08. The summed E-state index contributed by atoms with van der Waals surface area (Å²) >= 11 is 0. The fourth-order valence-electron chi connectivity index (χ4n) is 3.70. The van der Waals surface area contributed by atoms with Crippen LogP contribution in [0.2, 0.25) is 0 Å². The van der Waals surface area contributed by atoms with Gasteiger partial charge in [-0.1, -0.05) is 6.07 Å². The Kier molecular flexibility index (Phi) is 6.01. The van der Waals surface area contributed by atoms with Crippen molar-refractivity contribution < 1.29 is 9.59 Å². The Bertz CT molecular complexity index is 815. The molecule has 1 atom stereocenters. The molecular formula is C20H27N5O2. The van der Waals surface area contributed by atoms with E-state index in [-0.39, 0.29) is 24.2 Å². The van der Waals surface area contributed by atoms with Gasteiger partial charge in [0.2, 0.25) is 5.91 Å². The number of hydrogen-bond acceptors (Lipinski definition) is 5. The van der Waals surface area contributed by atoms with Gasteiger partial charge in [0.1, 0.15) is 5.69 Å². The molecule has 3 rings (SSSR count). The summed E-state index contributed by atoms with van der Waals surface area (Å²) in [5, 5.41) is 7.43. The third-order valence-corrected chi connectivity index (χ3v) is 5.11. The van der Waals surface area contributed by atoms with Gasteiger partial charge >= 0.3 is 0 Å². The highest BCUT2D eigenvalue weighted by molar-refractivity contribution is 5.96. The Balaban J connectivity index is 1.60. The van der Waals surface area contributed by atoms with Crippen molar-refractivity contribution in [3.8, 4) is 0 Å². The van der Waals surface area contributed by atoms with E-state index in [1.165, 1.54) is 0 Å². The van der Waals surface area contributed by atoms with E-state index in [2.05, 4.69) is 20.3 Å². The predicted octanol–water partition coefficient (Wildman–Crippen LogP) is 2.45. The van der Waals surface area contributed by atoms with Crippen LogP contribution in [0.3, 0.4) is 0 Å². The van der Waals surface area contributed by atoms with Crippen LogP contribution in [0.5, 0.6) is 0 Å². The van der Waals surface area contributed by atoms with E-state index in [1.807, 2.05) is 31.5 Å². The summed E-state index contributed by atoms with van der Waals surface area (Å²) in [6.07, 6.45) is 3.39. The lowest BCUT2D eigenvalue weighted by atomic mass is 9.92. The number of nitrogens with one attached hydrogen (secondary N) is 1. The quantitative estimate of drug-likeness (QED) is 0.791. The zero-order chi connectivity index (χ0) is 19.4. The number of piperidine rings is 1. The van der Waals surface area contributed by atoms with E-state index < -0.39 is 0 Å². The smallest absolute Gasteiger partial charge is 0.238 e. The number of hydrogen-bond donors (Lipinski definition) is 1. The van der Waals surface area contributed by atoms with Crippen LogP contribution in [-0.2, 0) is 11.3 Å². The monoisotopic (exact) mass is 369 g/mol. The molecule has 0 radical (unpaired) electrons. The number of Topliss-reactive ketones (excluding diaryl/α,β-unsaturated/α-hetero) is 1. The molecule has 7 heteroatoms. The van der Waals surface area contributed by atoms with Gasteiger partial charge in [-0.3, -0.25) is 24.2 Å². The van der Waals surface area contributed by atoms with Crippen LogP contribution >= 0.6 is 0 Å². The predicted molar refractivity (Wildman–Crippen MR) is 104 cm³/mol. The van der Waals surface area contributed by atoms with Crippen molar-refractivity contribution in [3.63, 3.8) is 0 Å². The molecule has 1 aliphatic rings. The zero-order valence-corrected chi connectivity index (χ0v) is 16.2. The number of nitrogens with zero attached hydrogens (tertiary/aromatic N) is 4. The number of aryl methyl sites for hydroxylation is 2. The van der Waals surface area contributed by atoms with Crippen molar-refractivity contribution in [1.29, 1.82) is 0 Å². The highest BCUT2D eigenvalue weighted by Gasteiger charge is 2.28. The standard InChI is InChI=1S/C20H27N5O2/c1-4-25-15(3)19(14(2)23-25)22-18(26)13-24-11-7-8-16(12-24)20(27)17-9-5-6-10-21-17/h5-6,9-10,16H,4,7-8,11-13H2,1-3H3,(H,22,26)/t16-/m0/s1. The zero-order valence-electron chi connectivity index (χ0n) is 16.2. The summed E-state index contributed by atoms with van der Waals surface area (Å²) in [7, 11) is 0. The van der Waals surface area contributed by atoms with Crippen molar-refractivity contribution in [3.05, 3.63) is 41.5 Å². The Morgan fingerprint density at radius 2 is 2.11 bits per heavy atom. The number of ketones is 1. The molecule has 0 saturated carbocycles. The van der Waals surface area contributed by atoms with E-state index in [1.54, 1.807) is 18.3 Å². The van der Waals surface area contributed by atoms with Crippen molar-refractivity contribution in [2.24, 2.45) is 5.92 Å². The van der Waals surface area contributed by atoms with Crippen molar-refractivity contribution in [2.45, 2.75) is 40.2 Å². The van der Waals surface area contributed by atoms with Crippen LogP contribution in [0.1, 0.15) is 41.6 Å². The minimum absolute atomic E-state index is 0.0663. The van der Waals surface area contributed by atoms with Crippen molar-refractivity contribution in [2.75, 3.05) is 25.0 Å². The van der Waals surface area contributed by atoms with Crippen molar-refractivity contribution >= 4 is 17.4 Å². The molecule has 0 unspecified atom stereocenters. The van der Waals surface area contributed by atoms with Crippen molar-refractivity contribution in [1.82, 2.24) is 19.7 Å². The molecule has 0 spiro atoms. The Labute approximate surface area is 159 Å². The molecule has 144 valence electrons. The van der Waals surface area contributed by atoms with Crippen LogP contribution < -0.4 is 5.32 Å². The molecule has 1 aliphatic heterocycles. The van der Waals surface area contributed by atoms with Gasteiger partial charge in [0.05, 0.1) is 23.6 Å². The van der Waals surface area contributed by atoms with Gasteiger partial charge in [-0.25, -0.2) is 0 Å². The molecule has 1 fully saturated rings. The van der Waals surface area contributed by atoms with E-state index in [0.717, 1.165) is 43.0 Å². The molecule has 27 heavy (non-hydrogen) atoms. The van der Waals surface area contributed by atoms with Gasteiger partial charge in [-0.15, -0.1) is 0 Å². The number of anilines is 1. The lowest BCUT2D eigenvalue weighted by Crippen LogP contribution is -2.42. The highest BCUT2D eigenvalue weighted by Crippen LogP contribution is 2.22. The first-order valence-electron chi connectivity index (χ1n) is 9.51. The first kappa shape index (κ1) is 19.2. The van der Waals surface area contributed by atoms with Gasteiger partial charge in [-0.2, -0.15) is 5.10 Å². The molecule has 1 amide bonds. The number of aromatic nitrogens is 3. The van der Waals surface area contributed by atoms with Gasteiger partial charge < -0.3 is 5.32 Å². The fourth-order valence-corrected chi connectivity index (χ4v) is 3.70.